The lowest BCUT2D eigenvalue weighted by molar-refractivity contribution is -0.136. The second-order valence-corrected chi connectivity index (χ2v) is 6.92. The van der Waals surface area contributed by atoms with Crippen molar-refractivity contribution in [3.63, 3.8) is 0 Å². The van der Waals surface area contributed by atoms with Gasteiger partial charge in [0, 0.05) is 0 Å². The first kappa shape index (κ1) is 15.2. The predicted octanol–water partition coefficient (Wildman–Crippen LogP) is 1.03. The fourth-order valence-corrected chi connectivity index (χ4v) is 3.70. The van der Waals surface area contributed by atoms with E-state index in [1.54, 1.807) is 0 Å². The SMILES string of the molecule is CC1C(=O)NC(=O)CN1S(=O)(=O)c1ccc(Cl)c(Cl)c1. The third-order valence-electron chi connectivity index (χ3n) is 2.87. The molecular formula is C11H10Cl2N2O4S. The van der Waals surface area contributed by atoms with E-state index in [1.165, 1.54) is 25.1 Å². The van der Waals surface area contributed by atoms with Crippen LogP contribution in [0, 0.1) is 0 Å². The Labute approximate surface area is 125 Å². The van der Waals surface area contributed by atoms with E-state index in [1.807, 2.05) is 0 Å². The number of rotatable bonds is 2. The zero-order chi connectivity index (χ0) is 15.1. The van der Waals surface area contributed by atoms with Gasteiger partial charge in [-0.3, -0.25) is 14.9 Å². The van der Waals surface area contributed by atoms with Gasteiger partial charge in [0.05, 0.1) is 21.5 Å². The summed E-state index contributed by atoms with van der Waals surface area (Å²) in [5.74, 6) is -1.33. The number of nitrogens with zero attached hydrogens (tertiary/aromatic N) is 1. The molecule has 1 aliphatic rings. The highest BCUT2D eigenvalue weighted by Crippen LogP contribution is 2.27. The molecule has 6 nitrogen and oxygen atoms in total. The second kappa shape index (κ2) is 5.33. The van der Waals surface area contributed by atoms with E-state index in [4.69, 9.17) is 23.2 Å². The lowest BCUT2D eigenvalue weighted by Crippen LogP contribution is -2.58. The van der Waals surface area contributed by atoms with Crippen LogP contribution in [-0.4, -0.2) is 37.1 Å². The van der Waals surface area contributed by atoms with Crippen LogP contribution in [0.4, 0.5) is 0 Å². The number of nitrogens with one attached hydrogen (secondary N) is 1. The Balaban J connectivity index is 2.45. The van der Waals surface area contributed by atoms with E-state index in [9.17, 15) is 18.0 Å². The number of halogens is 2. The van der Waals surface area contributed by atoms with Crippen LogP contribution < -0.4 is 5.32 Å². The van der Waals surface area contributed by atoms with Crippen molar-refractivity contribution in [1.82, 2.24) is 9.62 Å². The molecule has 108 valence electrons. The minimum Gasteiger partial charge on any atom is -0.294 e. The summed E-state index contributed by atoms with van der Waals surface area (Å²) < 4.78 is 25.7. The second-order valence-electron chi connectivity index (χ2n) is 4.21. The van der Waals surface area contributed by atoms with Gasteiger partial charge in [-0.25, -0.2) is 8.42 Å². The van der Waals surface area contributed by atoms with Gasteiger partial charge in [-0.15, -0.1) is 0 Å². The normalized spacial score (nSPS) is 20.9. The van der Waals surface area contributed by atoms with Gasteiger partial charge in [-0.1, -0.05) is 23.2 Å². The molecule has 1 heterocycles. The largest absolute Gasteiger partial charge is 0.294 e. The molecule has 1 atom stereocenters. The number of benzene rings is 1. The van der Waals surface area contributed by atoms with E-state index in [0.717, 1.165) is 4.31 Å². The zero-order valence-corrected chi connectivity index (χ0v) is 12.6. The van der Waals surface area contributed by atoms with E-state index in [2.05, 4.69) is 5.32 Å². The van der Waals surface area contributed by atoms with Gasteiger partial charge in [-0.2, -0.15) is 4.31 Å². The summed E-state index contributed by atoms with van der Waals surface area (Å²) in [7, 11) is -4.01. The van der Waals surface area contributed by atoms with Gasteiger partial charge in [0.25, 0.3) is 0 Å². The molecule has 1 aromatic carbocycles. The molecule has 0 radical (unpaired) electrons. The van der Waals surface area contributed by atoms with Crippen LogP contribution in [0.25, 0.3) is 0 Å². The molecule has 0 saturated carbocycles. The summed E-state index contributed by atoms with van der Waals surface area (Å²) in [5, 5.41) is 2.36. The Morgan fingerprint density at radius 1 is 1.25 bits per heavy atom. The monoisotopic (exact) mass is 336 g/mol. The first-order valence-corrected chi connectivity index (χ1v) is 7.73. The minimum absolute atomic E-state index is 0.0770. The number of piperazine rings is 1. The maximum atomic E-state index is 12.4. The van der Waals surface area contributed by atoms with Crippen LogP contribution >= 0.6 is 23.2 Å². The van der Waals surface area contributed by atoms with Gasteiger partial charge in [0.1, 0.15) is 6.04 Å². The van der Waals surface area contributed by atoms with Crippen LogP contribution in [0.2, 0.25) is 10.0 Å². The Bertz CT molecular complexity index is 690. The van der Waals surface area contributed by atoms with Crippen LogP contribution in [0.15, 0.2) is 23.1 Å². The Hall–Kier alpha value is -1.15. The number of amides is 2. The lowest BCUT2D eigenvalue weighted by Gasteiger charge is -2.30. The van der Waals surface area contributed by atoms with Gasteiger partial charge >= 0.3 is 0 Å². The lowest BCUT2D eigenvalue weighted by atomic mass is 10.2. The molecule has 1 unspecified atom stereocenters. The summed E-state index contributed by atoms with van der Waals surface area (Å²) in [4.78, 5) is 22.7. The van der Waals surface area contributed by atoms with Gasteiger partial charge in [0.2, 0.25) is 21.8 Å². The molecule has 0 bridgehead atoms. The summed E-state index contributed by atoms with van der Waals surface area (Å²) in [6.07, 6.45) is 0. The fraction of sp³-hybridized carbons (Fsp3) is 0.273. The highest BCUT2D eigenvalue weighted by molar-refractivity contribution is 7.89. The highest BCUT2D eigenvalue weighted by atomic mass is 35.5. The average molecular weight is 337 g/mol. The van der Waals surface area contributed by atoms with Crippen molar-refractivity contribution < 1.29 is 18.0 Å². The molecule has 1 fully saturated rings. The molecule has 2 amide bonds. The smallest absolute Gasteiger partial charge is 0.244 e. The van der Waals surface area contributed by atoms with E-state index < -0.39 is 34.4 Å². The van der Waals surface area contributed by atoms with Crippen molar-refractivity contribution in [3.05, 3.63) is 28.2 Å². The molecule has 1 saturated heterocycles. The number of carbonyl (C=O) groups excluding carboxylic acids is 2. The van der Waals surface area contributed by atoms with Crippen LogP contribution in [0.3, 0.4) is 0 Å². The minimum atomic E-state index is -4.01. The molecule has 9 heteroatoms. The topological polar surface area (TPSA) is 83.6 Å². The summed E-state index contributed by atoms with van der Waals surface area (Å²) in [6.45, 7) is 0.979. The molecule has 0 spiro atoms. The van der Waals surface area contributed by atoms with Crippen molar-refractivity contribution in [2.24, 2.45) is 0 Å². The Morgan fingerprint density at radius 3 is 2.50 bits per heavy atom. The maximum Gasteiger partial charge on any atom is 0.244 e. The number of hydrogen-bond donors (Lipinski definition) is 1. The molecule has 0 aromatic heterocycles. The van der Waals surface area contributed by atoms with E-state index >= 15 is 0 Å². The van der Waals surface area contributed by atoms with Crippen molar-refractivity contribution in [2.75, 3.05) is 6.54 Å². The van der Waals surface area contributed by atoms with Crippen LogP contribution in [-0.2, 0) is 19.6 Å². The number of sulfonamides is 1. The molecule has 1 N–H and O–H groups in total. The Morgan fingerprint density at radius 2 is 1.90 bits per heavy atom. The molecule has 2 rings (SSSR count). The quantitative estimate of drug-likeness (QED) is 0.817. The number of imide groups is 1. The number of hydrogen-bond acceptors (Lipinski definition) is 4. The zero-order valence-electron chi connectivity index (χ0n) is 10.3. The first-order valence-electron chi connectivity index (χ1n) is 5.54. The fourth-order valence-electron chi connectivity index (χ4n) is 1.76. The summed E-state index contributed by atoms with van der Waals surface area (Å²) >= 11 is 11.5. The van der Waals surface area contributed by atoms with Crippen LogP contribution in [0.5, 0.6) is 0 Å². The number of carbonyl (C=O) groups is 2. The van der Waals surface area contributed by atoms with E-state index in [0.29, 0.717) is 0 Å². The highest BCUT2D eigenvalue weighted by Gasteiger charge is 2.39. The van der Waals surface area contributed by atoms with Crippen molar-refractivity contribution >= 4 is 45.0 Å². The molecule has 1 aromatic rings. The maximum absolute atomic E-state index is 12.4. The van der Waals surface area contributed by atoms with Crippen molar-refractivity contribution in [1.29, 1.82) is 0 Å². The third kappa shape index (κ3) is 2.67. The Kier molecular flexibility index (Phi) is 4.06. The van der Waals surface area contributed by atoms with Crippen LogP contribution in [0.1, 0.15) is 6.92 Å². The summed E-state index contributed by atoms with van der Waals surface area (Å²) in [5.41, 5.74) is 0. The molecule has 1 aliphatic heterocycles. The van der Waals surface area contributed by atoms with E-state index in [-0.39, 0.29) is 14.9 Å². The molecule has 20 heavy (non-hydrogen) atoms. The van der Waals surface area contributed by atoms with Crippen molar-refractivity contribution in [3.8, 4) is 0 Å². The predicted molar refractivity (Wildman–Crippen MR) is 73.0 cm³/mol. The average Bonchev–Trinajstić information content (AvgIpc) is 2.36. The first-order chi connectivity index (χ1) is 9.23. The molecule has 0 aliphatic carbocycles. The van der Waals surface area contributed by atoms with Crippen molar-refractivity contribution in [2.45, 2.75) is 17.9 Å². The molecular weight excluding hydrogens is 327 g/mol. The van der Waals surface area contributed by atoms with Gasteiger partial charge in [0.15, 0.2) is 0 Å². The third-order valence-corrected chi connectivity index (χ3v) is 5.52. The summed E-state index contributed by atoms with van der Waals surface area (Å²) in [6, 6.07) is 2.82. The van der Waals surface area contributed by atoms with Gasteiger partial charge in [-0.05, 0) is 25.1 Å². The van der Waals surface area contributed by atoms with Gasteiger partial charge < -0.3 is 0 Å². The standard InChI is InChI=1S/C11H10Cl2N2O4S/c1-6-11(17)14-10(16)5-15(6)20(18,19)7-2-3-8(12)9(13)4-7/h2-4,6H,5H2,1H3,(H,14,16,17).